The van der Waals surface area contributed by atoms with Crippen LogP contribution in [0, 0.1) is 5.92 Å². The minimum absolute atomic E-state index is 0.0308. The molecule has 2 aromatic carbocycles. The van der Waals surface area contributed by atoms with Gasteiger partial charge in [-0.25, -0.2) is 4.21 Å². The first-order valence-electron chi connectivity index (χ1n) is 9.06. The second kappa shape index (κ2) is 7.62. The molecule has 5 heteroatoms. The summed E-state index contributed by atoms with van der Waals surface area (Å²) in [7, 11) is -1.13. The van der Waals surface area contributed by atoms with Crippen LogP contribution >= 0.6 is 0 Å². The molecule has 0 radical (unpaired) electrons. The Bertz CT molecular complexity index is 830. The van der Waals surface area contributed by atoms with Crippen molar-refractivity contribution in [2.24, 2.45) is 5.92 Å². The summed E-state index contributed by atoms with van der Waals surface area (Å²) in [5.74, 6) is 1.08. The molecule has 26 heavy (non-hydrogen) atoms. The lowest BCUT2D eigenvalue weighted by Gasteiger charge is -2.11. The number of amides is 1. The second-order valence-corrected chi connectivity index (χ2v) is 9.11. The number of hydrogen-bond donors (Lipinski definition) is 2. The summed E-state index contributed by atoms with van der Waals surface area (Å²) < 4.78 is 14.8. The van der Waals surface area contributed by atoms with E-state index in [0.29, 0.717) is 17.4 Å². The van der Waals surface area contributed by atoms with Gasteiger partial charge in [-0.3, -0.25) is 4.79 Å². The van der Waals surface area contributed by atoms with Gasteiger partial charge >= 0.3 is 0 Å². The minimum atomic E-state index is -1.13. The topological polar surface area (TPSA) is 58.2 Å². The minimum Gasteiger partial charge on any atom is -0.322 e. The average Bonchev–Trinajstić information content (AvgIpc) is 2.89. The largest absolute Gasteiger partial charge is 0.322 e. The van der Waals surface area contributed by atoms with Crippen molar-refractivity contribution < 1.29 is 9.00 Å². The van der Waals surface area contributed by atoms with E-state index in [0.717, 1.165) is 17.8 Å². The van der Waals surface area contributed by atoms with Gasteiger partial charge in [-0.2, -0.15) is 0 Å². The highest BCUT2D eigenvalue weighted by Gasteiger charge is 2.25. The van der Waals surface area contributed by atoms with Gasteiger partial charge in [0.25, 0.3) is 5.91 Å². The van der Waals surface area contributed by atoms with E-state index in [9.17, 15) is 9.00 Å². The van der Waals surface area contributed by atoms with Gasteiger partial charge in [0.15, 0.2) is 0 Å². The highest BCUT2D eigenvalue weighted by molar-refractivity contribution is 7.86. The summed E-state index contributed by atoms with van der Waals surface area (Å²) in [6, 6.07) is 13.2. The Kier molecular flexibility index (Phi) is 5.47. The highest BCUT2D eigenvalue weighted by Crippen LogP contribution is 2.38. The van der Waals surface area contributed by atoms with E-state index < -0.39 is 11.0 Å². The van der Waals surface area contributed by atoms with Crippen LogP contribution in [0.1, 0.15) is 55.1 Å². The van der Waals surface area contributed by atoms with Crippen LogP contribution in [0.5, 0.6) is 0 Å². The van der Waals surface area contributed by atoms with E-state index in [1.165, 1.54) is 11.1 Å². The van der Waals surface area contributed by atoms with E-state index in [4.69, 9.17) is 0 Å². The molecule has 1 amide bonds. The van der Waals surface area contributed by atoms with Gasteiger partial charge in [0.1, 0.15) is 11.0 Å². The zero-order valence-electron chi connectivity index (χ0n) is 15.7. The van der Waals surface area contributed by atoms with E-state index in [1.807, 2.05) is 19.9 Å². The quantitative estimate of drug-likeness (QED) is 0.800. The smallest absolute Gasteiger partial charge is 0.255 e. The Morgan fingerprint density at radius 2 is 1.73 bits per heavy atom. The number of hydrogen-bond acceptors (Lipinski definition) is 2. The molecule has 0 aliphatic heterocycles. The van der Waals surface area contributed by atoms with Crippen molar-refractivity contribution >= 4 is 28.3 Å². The molecule has 1 aliphatic rings. The highest BCUT2D eigenvalue weighted by atomic mass is 32.2. The summed E-state index contributed by atoms with van der Waals surface area (Å²) >= 11 is 0. The molecule has 138 valence electrons. The van der Waals surface area contributed by atoms with Crippen molar-refractivity contribution in [3.05, 3.63) is 59.2 Å². The van der Waals surface area contributed by atoms with Crippen molar-refractivity contribution in [1.82, 2.24) is 0 Å². The molecular formula is C21H26N2O2S. The van der Waals surface area contributed by atoms with E-state index in [-0.39, 0.29) is 11.2 Å². The van der Waals surface area contributed by atoms with Crippen LogP contribution in [0.15, 0.2) is 42.5 Å². The molecule has 0 fully saturated rings. The summed E-state index contributed by atoms with van der Waals surface area (Å²) in [6.45, 7) is 8.31. The van der Waals surface area contributed by atoms with Gasteiger partial charge in [-0.1, -0.05) is 19.9 Å². The predicted octanol–water partition coefficient (Wildman–Crippen LogP) is 4.72. The first-order valence-corrected chi connectivity index (χ1v) is 10.3. The Morgan fingerprint density at radius 3 is 2.38 bits per heavy atom. The maximum atomic E-state index is 12.5. The van der Waals surface area contributed by atoms with E-state index in [1.54, 1.807) is 24.3 Å². The predicted molar refractivity (Wildman–Crippen MR) is 109 cm³/mol. The zero-order chi connectivity index (χ0) is 18.8. The number of anilines is 2. The van der Waals surface area contributed by atoms with E-state index >= 15 is 0 Å². The fourth-order valence-corrected chi connectivity index (χ4v) is 3.87. The number of benzene rings is 2. The molecular weight excluding hydrogens is 344 g/mol. The molecule has 2 N–H and O–H groups in total. The van der Waals surface area contributed by atoms with Crippen molar-refractivity contribution in [2.75, 3.05) is 10.0 Å². The van der Waals surface area contributed by atoms with Crippen molar-refractivity contribution in [1.29, 1.82) is 0 Å². The van der Waals surface area contributed by atoms with Crippen LogP contribution in [0.3, 0.4) is 0 Å². The Hall–Kier alpha value is -2.14. The maximum Gasteiger partial charge on any atom is 0.255 e. The SMILES string of the molecule is CC1Cc2cc(NC(=O)c3ccc(NS(=O)C(C)C)cc3)ccc2C1C. The number of fused-ring (bicyclic) bond motifs is 1. The van der Waals surface area contributed by atoms with Crippen LogP contribution in [0.25, 0.3) is 0 Å². The Balaban J connectivity index is 1.67. The van der Waals surface area contributed by atoms with Crippen molar-refractivity contribution in [3.63, 3.8) is 0 Å². The lowest BCUT2D eigenvalue weighted by molar-refractivity contribution is 0.102. The first-order chi connectivity index (χ1) is 12.3. The molecule has 3 unspecified atom stereocenters. The molecule has 0 aromatic heterocycles. The first kappa shape index (κ1) is 18.6. The molecule has 0 heterocycles. The van der Waals surface area contributed by atoms with Gasteiger partial charge in [0.05, 0.1) is 0 Å². The van der Waals surface area contributed by atoms with Crippen LogP contribution in [0.2, 0.25) is 0 Å². The third kappa shape index (κ3) is 3.98. The zero-order valence-corrected chi connectivity index (χ0v) is 16.5. The molecule has 3 atom stereocenters. The Labute approximate surface area is 158 Å². The van der Waals surface area contributed by atoms with E-state index in [2.05, 4.69) is 36.0 Å². The lowest BCUT2D eigenvalue weighted by atomic mass is 9.97. The Morgan fingerprint density at radius 1 is 1.08 bits per heavy atom. The van der Waals surface area contributed by atoms with Crippen molar-refractivity contribution in [2.45, 2.75) is 45.3 Å². The van der Waals surface area contributed by atoms with Gasteiger partial charge in [0.2, 0.25) is 0 Å². The molecule has 4 nitrogen and oxygen atoms in total. The van der Waals surface area contributed by atoms with Gasteiger partial charge in [-0.15, -0.1) is 0 Å². The van der Waals surface area contributed by atoms with Crippen LogP contribution < -0.4 is 10.0 Å². The summed E-state index contributed by atoms with van der Waals surface area (Å²) in [5.41, 5.74) is 4.88. The number of nitrogens with one attached hydrogen (secondary N) is 2. The molecule has 3 rings (SSSR count). The third-order valence-corrected chi connectivity index (χ3v) is 6.37. The monoisotopic (exact) mass is 370 g/mol. The van der Waals surface area contributed by atoms with Crippen LogP contribution in [0.4, 0.5) is 11.4 Å². The molecule has 2 aromatic rings. The van der Waals surface area contributed by atoms with Crippen LogP contribution in [-0.4, -0.2) is 15.4 Å². The number of carbonyl (C=O) groups excluding carboxylic acids is 1. The molecule has 0 bridgehead atoms. The number of carbonyl (C=O) groups is 1. The maximum absolute atomic E-state index is 12.5. The number of rotatable bonds is 5. The molecule has 1 aliphatic carbocycles. The third-order valence-electron chi connectivity index (χ3n) is 5.08. The second-order valence-electron chi connectivity index (χ2n) is 7.36. The normalized spacial score (nSPS) is 19.9. The molecule has 0 saturated heterocycles. The standard InChI is InChI=1S/C21H26N2O2S/c1-13(2)26(25)23-18-7-5-16(6-8-18)21(24)22-19-9-10-20-15(4)14(3)11-17(20)12-19/h5-10,12-15,23H,11H2,1-4H3,(H,22,24). The van der Waals surface area contributed by atoms with Gasteiger partial charge in [-0.05, 0) is 79.6 Å². The van der Waals surface area contributed by atoms with Gasteiger partial charge in [0, 0.05) is 22.2 Å². The fraction of sp³-hybridized carbons (Fsp3) is 0.381. The van der Waals surface area contributed by atoms with Crippen LogP contribution in [-0.2, 0) is 17.4 Å². The summed E-state index contributed by atoms with van der Waals surface area (Å²) in [5, 5.41) is 3.01. The van der Waals surface area contributed by atoms with Crippen molar-refractivity contribution in [3.8, 4) is 0 Å². The van der Waals surface area contributed by atoms with Gasteiger partial charge < -0.3 is 10.0 Å². The molecule has 0 spiro atoms. The lowest BCUT2D eigenvalue weighted by Crippen LogP contribution is -2.15. The summed E-state index contributed by atoms with van der Waals surface area (Å²) in [6.07, 6.45) is 1.06. The fourth-order valence-electron chi connectivity index (χ4n) is 3.26. The average molecular weight is 371 g/mol. The summed E-state index contributed by atoms with van der Waals surface area (Å²) in [4.78, 5) is 12.5. The molecule has 0 saturated carbocycles.